The summed E-state index contributed by atoms with van der Waals surface area (Å²) in [6, 6.07) is 7.03. The molecule has 2 amide bonds. The number of amides is 2. The van der Waals surface area contributed by atoms with E-state index in [9.17, 15) is 9.59 Å². The lowest BCUT2D eigenvalue weighted by molar-refractivity contribution is -0.130. The molecule has 1 aliphatic rings. The number of rotatable bonds is 1. The van der Waals surface area contributed by atoms with Gasteiger partial charge in [0.1, 0.15) is 11.6 Å². The number of carbonyl (C=O) groups excluding carboxylic acids is 2. The Morgan fingerprint density at radius 2 is 1.86 bits per heavy atom. The largest absolute Gasteiger partial charge is 0.443 e. The van der Waals surface area contributed by atoms with E-state index in [1.165, 1.54) is 9.80 Å². The highest BCUT2D eigenvalue weighted by atomic mass is 16.6. The van der Waals surface area contributed by atoms with Gasteiger partial charge in [-0.2, -0.15) is 0 Å². The number of ether oxygens (including phenoxy) is 1. The lowest BCUT2D eigenvalue weighted by Gasteiger charge is -2.29. The highest BCUT2D eigenvalue weighted by molar-refractivity contribution is 6.00. The minimum absolute atomic E-state index is 0.0999. The average molecular weight is 290 g/mol. The third kappa shape index (κ3) is 3.17. The molecule has 0 aliphatic carbocycles. The average Bonchev–Trinajstić information content (AvgIpc) is 2.74. The van der Waals surface area contributed by atoms with E-state index < -0.39 is 17.7 Å². The Kier molecular flexibility index (Phi) is 3.94. The van der Waals surface area contributed by atoms with Gasteiger partial charge in [-0.1, -0.05) is 18.2 Å². The molecule has 5 heteroatoms. The number of hydrogen-bond donors (Lipinski definition) is 0. The van der Waals surface area contributed by atoms with Gasteiger partial charge < -0.3 is 9.64 Å². The summed E-state index contributed by atoms with van der Waals surface area (Å²) in [5.74, 6) is -0.0999. The smallest absolute Gasteiger partial charge is 0.415 e. The van der Waals surface area contributed by atoms with Crippen molar-refractivity contribution >= 4 is 17.7 Å². The van der Waals surface area contributed by atoms with Crippen molar-refractivity contribution in [1.82, 2.24) is 4.90 Å². The highest BCUT2D eigenvalue weighted by Crippen LogP contribution is 2.33. The van der Waals surface area contributed by atoms with E-state index in [1.807, 2.05) is 45.0 Å². The van der Waals surface area contributed by atoms with Crippen LogP contribution in [0.25, 0.3) is 0 Å². The summed E-state index contributed by atoms with van der Waals surface area (Å²) < 4.78 is 5.45. The van der Waals surface area contributed by atoms with Crippen LogP contribution in [0.4, 0.5) is 10.5 Å². The molecule has 0 aromatic heterocycles. The SMILES string of the molecule is CN(C)C(=O)[C@H]1Cc2ccccc2N1C(=O)OC(C)(C)C. The van der Waals surface area contributed by atoms with Crippen LogP contribution in [0.3, 0.4) is 0 Å². The zero-order valence-corrected chi connectivity index (χ0v) is 13.2. The van der Waals surface area contributed by atoms with Crippen LogP contribution in [0, 0.1) is 0 Å². The highest BCUT2D eigenvalue weighted by Gasteiger charge is 2.40. The number of likely N-dealkylation sites (N-methyl/N-ethyl adjacent to an activating group) is 1. The van der Waals surface area contributed by atoms with Crippen molar-refractivity contribution in [3.05, 3.63) is 29.8 Å². The Bertz CT molecular complexity index is 561. The number of anilines is 1. The standard InChI is InChI=1S/C16H22N2O3/c1-16(2,3)21-15(20)18-12-9-7-6-8-11(12)10-13(18)14(19)17(4)5/h6-9,13H,10H2,1-5H3/t13-/m1/s1. The van der Waals surface area contributed by atoms with Gasteiger partial charge in [-0.15, -0.1) is 0 Å². The Morgan fingerprint density at radius 3 is 2.43 bits per heavy atom. The number of nitrogens with zero attached hydrogens (tertiary/aromatic N) is 2. The van der Waals surface area contributed by atoms with Crippen LogP contribution < -0.4 is 4.90 Å². The maximum absolute atomic E-state index is 12.5. The number of para-hydroxylation sites is 1. The maximum atomic E-state index is 12.5. The summed E-state index contributed by atoms with van der Waals surface area (Å²) in [6.07, 6.45) is 0.0412. The number of fused-ring (bicyclic) bond motifs is 1. The lowest BCUT2D eigenvalue weighted by atomic mass is 10.1. The van der Waals surface area contributed by atoms with E-state index in [0.29, 0.717) is 6.42 Å². The summed E-state index contributed by atoms with van der Waals surface area (Å²) >= 11 is 0. The molecule has 114 valence electrons. The molecule has 5 nitrogen and oxygen atoms in total. The number of hydrogen-bond acceptors (Lipinski definition) is 3. The van der Waals surface area contributed by atoms with Crippen LogP contribution in [-0.4, -0.2) is 42.6 Å². The van der Waals surface area contributed by atoms with Crippen LogP contribution in [0.2, 0.25) is 0 Å². The van der Waals surface area contributed by atoms with Crippen molar-refractivity contribution in [3.63, 3.8) is 0 Å². The first kappa shape index (κ1) is 15.4. The van der Waals surface area contributed by atoms with Crippen LogP contribution in [0.15, 0.2) is 24.3 Å². The van der Waals surface area contributed by atoms with E-state index in [2.05, 4.69) is 0 Å². The minimum atomic E-state index is -0.597. The first-order chi connectivity index (χ1) is 9.70. The molecule has 21 heavy (non-hydrogen) atoms. The van der Waals surface area contributed by atoms with Crippen molar-refractivity contribution in [1.29, 1.82) is 0 Å². The van der Waals surface area contributed by atoms with Crippen LogP contribution in [0.5, 0.6) is 0 Å². The zero-order chi connectivity index (χ0) is 15.8. The summed E-state index contributed by atoms with van der Waals surface area (Å²) in [5.41, 5.74) is 1.15. The Labute approximate surface area is 125 Å². The molecule has 0 radical (unpaired) electrons. The first-order valence-electron chi connectivity index (χ1n) is 7.02. The van der Waals surface area contributed by atoms with Crippen LogP contribution >= 0.6 is 0 Å². The second kappa shape index (κ2) is 5.39. The van der Waals surface area contributed by atoms with Gasteiger partial charge in [-0.25, -0.2) is 4.79 Å². The minimum Gasteiger partial charge on any atom is -0.443 e. The number of benzene rings is 1. The van der Waals surface area contributed by atoms with E-state index in [4.69, 9.17) is 4.74 Å². The molecule has 0 saturated carbocycles. The monoisotopic (exact) mass is 290 g/mol. The van der Waals surface area contributed by atoms with E-state index >= 15 is 0 Å². The van der Waals surface area contributed by atoms with Gasteiger partial charge in [0.2, 0.25) is 5.91 Å². The van der Waals surface area contributed by atoms with Gasteiger partial charge in [-0.3, -0.25) is 9.69 Å². The van der Waals surface area contributed by atoms with E-state index in [1.54, 1.807) is 14.1 Å². The molecule has 0 bridgehead atoms. The van der Waals surface area contributed by atoms with Crippen LogP contribution in [0.1, 0.15) is 26.3 Å². The summed E-state index contributed by atoms with van der Waals surface area (Å²) in [6.45, 7) is 5.45. The summed E-state index contributed by atoms with van der Waals surface area (Å²) in [5, 5.41) is 0. The molecule has 0 N–H and O–H groups in total. The third-order valence-electron chi connectivity index (χ3n) is 3.29. The van der Waals surface area contributed by atoms with Crippen LogP contribution in [-0.2, 0) is 16.0 Å². The fourth-order valence-electron chi connectivity index (χ4n) is 2.42. The zero-order valence-electron chi connectivity index (χ0n) is 13.2. The van der Waals surface area contributed by atoms with Crippen molar-refractivity contribution < 1.29 is 14.3 Å². The quantitative estimate of drug-likeness (QED) is 0.798. The summed E-state index contributed by atoms with van der Waals surface area (Å²) in [7, 11) is 3.39. The molecule has 1 heterocycles. The molecule has 0 saturated heterocycles. The molecular weight excluding hydrogens is 268 g/mol. The number of carbonyl (C=O) groups is 2. The Morgan fingerprint density at radius 1 is 1.24 bits per heavy atom. The van der Waals surface area contributed by atoms with Gasteiger partial charge in [-0.05, 0) is 32.4 Å². The first-order valence-corrected chi connectivity index (χ1v) is 7.02. The van der Waals surface area contributed by atoms with E-state index in [0.717, 1.165) is 11.3 Å². The topological polar surface area (TPSA) is 49.9 Å². The van der Waals surface area contributed by atoms with Crippen molar-refractivity contribution in [3.8, 4) is 0 Å². The second-order valence-electron chi connectivity index (χ2n) is 6.43. The van der Waals surface area contributed by atoms with Crippen molar-refractivity contribution in [2.45, 2.75) is 38.8 Å². The Hall–Kier alpha value is -2.04. The normalized spacial score (nSPS) is 17.4. The summed E-state index contributed by atoms with van der Waals surface area (Å²) in [4.78, 5) is 27.8. The molecule has 1 atom stereocenters. The van der Waals surface area contributed by atoms with Crippen molar-refractivity contribution in [2.75, 3.05) is 19.0 Å². The predicted molar refractivity (Wildman–Crippen MR) is 81.3 cm³/mol. The predicted octanol–water partition coefficient (Wildman–Crippen LogP) is 2.44. The molecule has 1 aromatic carbocycles. The fourth-order valence-corrected chi connectivity index (χ4v) is 2.42. The van der Waals surface area contributed by atoms with Gasteiger partial charge in [0.25, 0.3) is 0 Å². The van der Waals surface area contributed by atoms with Gasteiger partial charge in [0.05, 0.1) is 5.69 Å². The molecule has 1 aromatic rings. The molecular formula is C16H22N2O3. The van der Waals surface area contributed by atoms with Gasteiger partial charge in [0.15, 0.2) is 0 Å². The second-order valence-corrected chi connectivity index (χ2v) is 6.43. The van der Waals surface area contributed by atoms with E-state index in [-0.39, 0.29) is 5.91 Å². The molecule has 0 fully saturated rings. The molecule has 1 aliphatic heterocycles. The Balaban J connectivity index is 2.36. The lowest BCUT2D eigenvalue weighted by Crippen LogP contribution is -2.49. The third-order valence-corrected chi connectivity index (χ3v) is 3.29. The molecule has 2 rings (SSSR count). The van der Waals surface area contributed by atoms with Crippen molar-refractivity contribution in [2.24, 2.45) is 0 Å². The van der Waals surface area contributed by atoms with Gasteiger partial charge in [0, 0.05) is 20.5 Å². The van der Waals surface area contributed by atoms with Gasteiger partial charge >= 0.3 is 6.09 Å². The maximum Gasteiger partial charge on any atom is 0.415 e. The molecule has 0 unspecified atom stereocenters. The fraction of sp³-hybridized carbons (Fsp3) is 0.500. The molecule has 0 spiro atoms.